The molecule has 0 radical (unpaired) electrons. The van der Waals surface area contributed by atoms with E-state index in [4.69, 9.17) is 33.1 Å². The molecular weight excluding hydrogens is 877 g/mol. The molecule has 0 aliphatic carbocycles. The number of aromatic nitrogens is 4. The number of aryl methyl sites for hydroxylation is 2. The monoisotopic (exact) mass is 938 g/mol. The van der Waals surface area contributed by atoms with Gasteiger partial charge in [0.25, 0.3) is 11.1 Å². The highest BCUT2D eigenvalue weighted by Crippen LogP contribution is 2.45. The molecule has 0 unspecified atom stereocenters. The Hall–Kier alpha value is -5.89. The lowest BCUT2D eigenvalue weighted by atomic mass is 9.80. The molecule has 4 N–H and O–H groups in total. The summed E-state index contributed by atoms with van der Waals surface area (Å²) in [6, 6.07) is 25.2. The van der Waals surface area contributed by atoms with Crippen LogP contribution in [0.1, 0.15) is 80.3 Å². The second-order valence-corrected chi connectivity index (χ2v) is 23.5. The highest BCUT2D eigenvalue weighted by molar-refractivity contribution is 6.74. The second kappa shape index (κ2) is 20.1. The first-order valence-corrected chi connectivity index (χ1v) is 25.3. The third-order valence-corrected chi connectivity index (χ3v) is 17.9. The molecule has 358 valence electrons. The number of methoxy groups -OCH3 is 2. The average molecular weight is 939 g/mol. The van der Waals surface area contributed by atoms with Crippen molar-refractivity contribution in [2.24, 2.45) is 10.9 Å². The molecule has 2 saturated heterocycles. The van der Waals surface area contributed by atoms with E-state index in [-0.39, 0.29) is 36.9 Å². The molecule has 6 atom stereocenters. The molecule has 67 heavy (non-hydrogen) atoms. The van der Waals surface area contributed by atoms with Crippen LogP contribution in [0.5, 0.6) is 11.5 Å². The third kappa shape index (κ3) is 10.5. The van der Waals surface area contributed by atoms with Crippen molar-refractivity contribution < 1.29 is 33.3 Å². The molecule has 2 aliphatic rings. The van der Waals surface area contributed by atoms with Crippen LogP contribution in [-0.4, -0.2) is 84.1 Å². The summed E-state index contributed by atoms with van der Waals surface area (Å²) in [4.78, 5) is 60.7. The van der Waals surface area contributed by atoms with Crippen molar-refractivity contribution in [3.8, 4) is 11.5 Å². The number of hydroxylamine groups is 1. The first kappa shape index (κ1) is 49.0. The number of aliphatic imine (C=N–C) groups is 1. The van der Waals surface area contributed by atoms with Gasteiger partial charge in [-0.15, -0.1) is 0 Å². The Labute approximate surface area is 389 Å². The number of rotatable bonds is 16. The highest BCUT2D eigenvalue weighted by atomic mass is 28.4. The lowest BCUT2D eigenvalue weighted by Crippen LogP contribution is -2.46. The minimum atomic E-state index is -2.37. The molecule has 0 spiro atoms. The number of nitrogens with zero attached hydrogens (tertiary/aromatic N) is 3. The predicted molar refractivity (Wildman–Crippen MR) is 255 cm³/mol. The number of H-pyrrole nitrogens is 2. The van der Waals surface area contributed by atoms with Crippen molar-refractivity contribution in [2.75, 3.05) is 27.4 Å². The standard InChI is InChI=1S/C49H62N6O11Si/c1-30-27-54(46(58)51-44(30)56)42-24-32(23-41(53-60)50-26-39-38(66-67(8,9)48(3,4)5)25-43(64-39)55-28-31(2)45(57)52-47(55)59)40(65-42)29-63-49(33-13-11-10-12-14-33,34-15-19-36(61-6)20-16-34)35-17-21-37(62-7)22-18-35/h10-22,27-28,32,38-40,42-43,60H,23-26,29H2,1-9H3,(H,50,53)(H,51,56,58)(H,52,57,59)/t32-,38-,39+,40+,42+,43+/m0/s1. The van der Waals surface area contributed by atoms with Crippen LogP contribution >= 0.6 is 0 Å². The lowest BCUT2D eigenvalue weighted by Gasteiger charge is -2.39. The van der Waals surface area contributed by atoms with E-state index in [2.05, 4.69) is 49.3 Å². The maximum atomic E-state index is 13.3. The van der Waals surface area contributed by atoms with Crippen LogP contribution in [0, 0.1) is 19.8 Å². The van der Waals surface area contributed by atoms with Crippen LogP contribution in [0.15, 0.2) is 115 Å². The van der Waals surface area contributed by atoms with Crippen molar-refractivity contribution in [1.82, 2.24) is 24.6 Å². The summed E-state index contributed by atoms with van der Waals surface area (Å²) in [6.45, 7) is 14.0. The quantitative estimate of drug-likeness (QED) is 0.0292. The van der Waals surface area contributed by atoms with Crippen molar-refractivity contribution in [1.29, 1.82) is 0 Å². The third-order valence-electron chi connectivity index (χ3n) is 13.4. The van der Waals surface area contributed by atoms with Crippen LogP contribution < -0.4 is 37.5 Å². The van der Waals surface area contributed by atoms with E-state index in [1.165, 1.54) is 21.5 Å². The normalized spacial score (nSPS) is 21.4. The van der Waals surface area contributed by atoms with Gasteiger partial charge in [-0.05, 0) is 85.3 Å². The molecule has 17 nitrogen and oxygen atoms in total. The number of ether oxygens (including phenoxy) is 5. The molecule has 3 aromatic carbocycles. The van der Waals surface area contributed by atoms with E-state index < -0.39 is 73.1 Å². The zero-order chi connectivity index (χ0) is 48.3. The maximum absolute atomic E-state index is 13.3. The molecule has 2 aromatic heterocycles. The summed E-state index contributed by atoms with van der Waals surface area (Å²) in [5.41, 5.74) is 2.11. The van der Waals surface area contributed by atoms with Crippen LogP contribution in [-0.2, 0) is 24.2 Å². The molecule has 18 heteroatoms. The summed E-state index contributed by atoms with van der Waals surface area (Å²) in [7, 11) is 0.848. The highest BCUT2D eigenvalue weighted by Gasteiger charge is 2.46. The van der Waals surface area contributed by atoms with E-state index in [1.807, 2.05) is 78.9 Å². The molecule has 0 bridgehead atoms. The number of benzene rings is 3. The smallest absolute Gasteiger partial charge is 0.330 e. The largest absolute Gasteiger partial charge is 0.497 e. The number of hydrogen-bond acceptors (Lipinski definition) is 12. The van der Waals surface area contributed by atoms with E-state index in [1.54, 1.807) is 28.1 Å². The van der Waals surface area contributed by atoms with Gasteiger partial charge in [0.05, 0.1) is 39.6 Å². The van der Waals surface area contributed by atoms with Gasteiger partial charge in [-0.3, -0.25) is 44.4 Å². The minimum Gasteiger partial charge on any atom is -0.497 e. The fourth-order valence-electron chi connectivity index (χ4n) is 8.54. The molecule has 5 aromatic rings. The average Bonchev–Trinajstić information content (AvgIpc) is 3.90. The summed E-state index contributed by atoms with van der Waals surface area (Å²) in [5, 5.41) is 10.6. The number of nitrogens with one attached hydrogen (secondary N) is 3. The van der Waals surface area contributed by atoms with Crippen LogP contribution in [0.4, 0.5) is 0 Å². The van der Waals surface area contributed by atoms with Crippen molar-refractivity contribution in [3.05, 3.63) is 161 Å². The van der Waals surface area contributed by atoms with E-state index in [9.17, 15) is 24.4 Å². The fourth-order valence-corrected chi connectivity index (χ4v) is 9.90. The Bertz CT molecular complexity index is 2720. The zero-order valence-corrected chi connectivity index (χ0v) is 40.5. The topological polar surface area (TPSA) is 210 Å². The number of aromatic amines is 2. The first-order chi connectivity index (χ1) is 31.9. The van der Waals surface area contributed by atoms with Crippen molar-refractivity contribution >= 4 is 14.2 Å². The van der Waals surface area contributed by atoms with Crippen LogP contribution in [0.2, 0.25) is 18.1 Å². The van der Waals surface area contributed by atoms with Gasteiger partial charge in [0, 0.05) is 36.4 Å². The first-order valence-electron chi connectivity index (χ1n) is 22.4. The SMILES string of the molecule is COc1ccc(C(OC[C@H]2O[C@@H](n3cc(C)c(=O)[nH]c3=O)C[C@@H]2CC(=NC[C@H]2O[C@@H](n3cc(C)c(=O)[nH]c3=O)C[C@@H]2O[Si](C)(C)C(C)(C)C)NO)(c2ccccc2)c2ccc(OC)cc2)cc1. The van der Waals surface area contributed by atoms with E-state index >= 15 is 0 Å². The van der Waals surface area contributed by atoms with E-state index in [0.29, 0.717) is 29.0 Å². The Kier molecular flexibility index (Phi) is 14.7. The molecule has 0 saturated carbocycles. The van der Waals surface area contributed by atoms with Gasteiger partial charge in [-0.25, -0.2) is 9.59 Å². The van der Waals surface area contributed by atoms with Gasteiger partial charge in [-0.1, -0.05) is 75.4 Å². The van der Waals surface area contributed by atoms with E-state index in [0.717, 1.165) is 16.7 Å². The predicted octanol–water partition coefficient (Wildman–Crippen LogP) is 6.08. The van der Waals surface area contributed by atoms with Gasteiger partial charge < -0.3 is 28.1 Å². The lowest BCUT2D eigenvalue weighted by molar-refractivity contribution is -0.0845. The second-order valence-electron chi connectivity index (χ2n) is 18.8. The van der Waals surface area contributed by atoms with Gasteiger partial charge in [0.1, 0.15) is 41.5 Å². The Morgan fingerprint density at radius 3 is 1.75 bits per heavy atom. The summed E-state index contributed by atoms with van der Waals surface area (Å²) < 4.78 is 41.2. The molecule has 0 amide bonds. The number of hydrogen-bond donors (Lipinski definition) is 4. The Morgan fingerprint density at radius 2 is 1.25 bits per heavy atom. The maximum Gasteiger partial charge on any atom is 0.330 e. The Balaban J connectivity index is 1.24. The van der Waals surface area contributed by atoms with Gasteiger partial charge in [-0.2, -0.15) is 0 Å². The minimum absolute atomic E-state index is 0.00704. The van der Waals surface area contributed by atoms with Crippen LogP contribution in [0.25, 0.3) is 0 Å². The molecule has 7 rings (SSSR count). The summed E-state index contributed by atoms with van der Waals surface area (Å²) in [5.74, 6) is 1.16. The summed E-state index contributed by atoms with van der Waals surface area (Å²) >= 11 is 0. The molecule has 4 heterocycles. The van der Waals surface area contributed by atoms with Gasteiger partial charge in [0.2, 0.25) is 0 Å². The number of amidine groups is 1. The summed E-state index contributed by atoms with van der Waals surface area (Å²) in [6.07, 6.45) is 0.426. The molecular formula is C49H62N6O11Si. The molecule has 2 fully saturated rings. The van der Waals surface area contributed by atoms with Crippen molar-refractivity contribution in [3.63, 3.8) is 0 Å². The zero-order valence-electron chi connectivity index (χ0n) is 39.5. The van der Waals surface area contributed by atoms with Gasteiger partial charge in [0.15, 0.2) is 8.32 Å². The Morgan fingerprint density at radius 1 is 0.761 bits per heavy atom. The van der Waals surface area contributed by atoms with Gasteiger partial charge >= 0.3 is 11.4 Å². The van der Waals surface area contributed by atoms with Crippen molar-refractivity contribution in [2.45, 2.75) is 108 Å². The fraction of sp³-hybridized carbons (Fsp3) is 0.449. The molecule has 2 aliphatic heterocycles. The van der Waals surface area contributed by atoms with Crippen LogP contribution in [0.3, 0.4) is 0 Å².